The van der Waals surface area contributed by atoms with Gasteiger partial charge in [0.1, 0.15) is 11.8 Å². The summed E-state index contributed by atoms with van der Waals surface area (Å²) >= 11 is 0. The lowest BCUT2D eigenvalue weighted by atomic mass is 10.0. The van der Waals surface area contributed by atoms with E-state index in [0.29, 0.717) is 5.69 Å². The molecule has 142 valence electrons. The van der Waals surface area contributed by atoms with E-state index in [-0.39, 0.29) is 11.6 Å². The highest BCUT2D eigenvalue weighted by Crippen LogP contribution is 2.28. The molecule has 0 unspecified atom stereocenters. The number of carbonyl (C=O) groups is 1. The fraction of sp³-hybridized carbons (Fsp3) is 0.350. The standard InChI is InChI=1S/C20H23N3O4/c1-27-18-11-7-16(8-12-18)21-20(24)19(22-13-3-2-4-14-22)15-5-9-17(10-6-15)23(25)26/h5-12,19H,2-4,13-14H2,1H3,(H,21,24)/t19-/m1/s1. The number of ether oxygens (including phenoxy) is 1. The third kappa shape index (κ3) is 4.62. The molecule has 0 radical (unpaired) electrons. The molecule has 1 saturated heterocycles. The van der Waals surface area contributed by atoms with Gasteiger partial charge in [0.25, 0.3) is 5.69 Å². The molecule has 1 heterocycles. The Balaban J connectivity index is 1.83. The molecule has 1 atom stereocenters. The lowest BCUT2D eigenvalue weighted by Crippen LogP contribution is -2.40. The average Bonchev–Trinajstić information content (AvgIpc) is 2.70. The maximum atomic E-state index is 13.1. The Kier molecular flexibility index (Phi) is 6.03. The normalized spacial score (nSPS) is 15.7. The summed E-state index contributed by atoms with van der Waals surface area (Å²) in [5.41, 5.74) is 1.46. The minimum absolute atomic E-state index is 0.0201. The van der Waals surface area contributed by atoms with Gasteiger partial charge in [-0.05, 0) is 55.8 Å². The number of benzene rings is 2. The van der Waals surface area contributed by atoms with Gasteiger partial charge in [0.15, 0.2) is 0 Å². The highest BCUT2D eigenvalue weighted by atomic mass is 16.6. The molecule has 1 aliphatic rings. The van der Waals surface area contributed by atoms with Crippen LogP contribution < -0.4 is 10.1 Å². The lowest BCUT2D eigenvalue weighted by Gasteiger charge is -2.33. The van der Waals surface area contributed by atoms with Crippen molar-refractivity contribution in [2.45, 2.75) is 25.3 Å². The molecule has 0 saturated carbocycles. The molecule has 7 nitrogen and oxygen atoms in total. The van der Waals surface area contributed by atoms with Crippen molar-refractivity contribution in [2.75, 3.05) is 25.5 Å². The molecule has 0 aliphatic carbocycles. The first kappa shape index (κ1) is 18.8. The monoisotopic (exact) mass is 369 g/mol. The third-order valence-electron chi connectivity index (χ3n) is 4.78. The van der Waals surface area contributed by atoms with Gasteiger partial charge in [0, 0.05) is 17.8 Å². The second-order valence-electron chi connectivity index (χ2n) is 6.57. The molecule has 1 amide bonds. The van der Waals surface area contributed by atoms with Gasteiger partial charge in [-0.15, -0.1) is 0 Å². The van der Waals surface area contributed by atoms with Crippen molar-refractivity contribution < 1.29 is 14.5 Å². The molecule has 1 fully saturated rings. The van der Waals surface area contributed by atoms with Gasteiger partial charge in [-0.2, -0.15) is 0 Å². The number of anilines is 1. The van der Waals surface area contributed by atoms with E-state index in [0.717, 1.165) is 43.7 Å². The number of likely N-dealkylation sites (tertiary alicyclic amines) is 1. The molecule has 3 rings (SSSR count). The van der Waals surface area contributed by atoms with Crippen LogP contribution in [0.4, 0.5) is 11.4 Å². The van der Waals surface area contributed by atoms with E-state index in [4.69, 9.17) is 4.74 Å². The molecule has 2 aromatic carbocycles. The van der Waals surface area contributed by atoms with E-state index in [9.17, 15) is 14.9 Å². The van der Waals surface area contributed by atoms with Crippen LogP contribution in [0, 0.1) is 10.1 Å². The van der Waals surface area contributed by atoms with Gasteiger partial charge < -0.3 is 10.1 Å². The van der Waals surface area contributed by atoms with E-state index >= 15 is 0 Å². The van der Waals surface area contributed by atoms with Gasteiger partial charge in [0.05, 0.1) is 12.0 Å². The lowest BCUT2D eigenvalue weighted by molar-refractivity contribution is -0.384. The zero-order valence-corrected chi connectivity index (χ0v) is 15.3. The van der Waals surface area contributed by atoms with Gasteiger partial charge in [0.2, 0.25) is 5.91 Å². The number of carbonyl (C=O) groups excluding carboxylic acids is 1. The van der Waals surface area contributed by atoms with Gasteiger partial charge in [-0.3, -0.25) is 19.8 Å². The summed E-state index contributed by atoms with van der Waals surface area (Å²) in [7, 11) is 1.59. The van der Waals surface area contributed by atoms with Crippen LogP contribution in [-0.4, -0.2) is 35.9 Å². The number of nitro benzene ring substituents is 1. The molecule has 27 heavy (non-hydrogen) atoms. The fourth-order valence-electron chi connectivity index (χ4n) is 3.37. The van der Waals surface area contributed by atoms with Crippen LogP contribution in [0.3, 0.4) is 0 Å². The molecule has 1 N–H and O–H groups in total. The highest BCUT2D eigenvalue weighted by Gasteiger charge is 2.29. The summed E-state index contributed by atoms with van der Waals surface area (Å²) in [6, 6.07) is 12.9. The van der Waals surface area contributed by atoms with Crippen LogP contribution in [-0.2, 0) is 4.79 Å². The quantitative estimate of drug-likeness (QED) is 0.619. The molecule has 7 heteroatoms. The Bertz CT molecular complexity index is 784. The number of nitrogens with zero attached hydrogens (tertiary/aromatic N) is 2. The molecular formula is C20H23N3O4. The van der Waals surface area contributed by atoms with Crippen molar-refractivity contribution in [3.05, 3.63) is 64.2 Å². The summed E-state index contributed by atoms with van der Waals surface area (Å²) in [4.78, 5) is 25.7. The van der Waals surface area contributed by atoms with Crippen molar-refractivity contribution in [1.29, 1.82) is 0 Å². The molecular weight excluding hydrogens is 346 g/mol. The fourth-order valence-corrected chi connectivity index (χ4v) is 3.37. The van der Waals surface area contributed by atoms with Gasteiger partial charge >= 0.3 is 0 Å². The van der Waals surface area contributed by atoms with E-state index in [1.54, 1.807) is 43.5 Å². The van der Waals surface area contributed by atoms with Crippen molar-refractivity contribution in [3.8, 4) is 5.75 Å². The maximum Gasteiger partial charge on any atom is 0.269 e. The minimum atomic E-state index is -0.479. The Morgan fingerprint density at radius 1 is 1.07 bits per heavy atom. The summed E-state index contributed by atoms with van der Waals surface area (Å²) in [5, 5.41) is 13.9. The van der Waals surface area contributed by atoms with Gasteiger partial charge in [-0.25, -0.2) is 0 Å². The van der Waals surface area contributed by atoms with Crippen LogP contribution >= 0.6 is 0 Å². The first-order valence-electron chi connectivity index (χ1n) is 9.02. The predicted octanol–water partition coefficient (Wildman–Crippen LogP) is 3.77. The zero-order chi connectivity index (χ0) is 19.2. The number of nitrogens with one attached hydrogen (secondary N) is 1. The second kappa shape index (κ2) is 8.64. The smallest absolute Gasteiger partial charge is 0.269 e. The Morgan fingerprint density at radius 3 is 2.26 bits per heavy atom. The van der Waals surface area contributed by atoms with E-state index in [1.807, 2.05) is 0 Å². The summed E-state index contributed by atoms with van der Waals surface area (Å²) in [6.45, 7) is 1.66. The van der Waals surface area contributed by atoms with Crippen molar-refractivity contribution in [3.63, 3.8) is 0 Å². The van der Waals surface area contributed by atoms with Gasteiger partial charge in [-0.1, -0.05) is 18.6 Å². The summed E-state index contributed by atoms with van der Waals surface area (Å²) in [5.74, 6) is 0.576. The first-order valence-corrected chi connectivity index (χ1v) is 9.02. The van der Waals surface area contributed by atoms with E-state index < -0.39 is 11.0 Å². The van der Waals surface area contributed by atoms with Crippen molar-refractivity contribution in [1.82, 2.24) is 4.90 Å². The molecule has 0 aromatic heterocycles. The predicted molar refractivity (Wildman–Crippen MR) is 103 cm³/mol. The number of nitro groups is 1. The molecule has 0 bridgehead atoms. The van der Waals surface area contributed by atoms with Crippen LogP contribution in [0.1, 0.15) is 30.9 Å². The van der Waals surface area contributed by atoms with E-state index in [2.05, 4.69) is 10.2 Å². The highest BCUT2D eigenvalue weighted by molar-refractivity contribution is 5.95. The molecule has 2 aromatic rings. The number of rotatable bonds is 6. The Morgan fingerprint density at radius 2 is 1.70 bits per heavy atom. The number of methoxy groups -OCH3 is 1. The number of hydrogen-bond acceptors (Lipinski definition) is 5. The first-order chi connectivity index (χ1) is 13.1. The van der Waals surface area contributed by atoms with Crippen LogP contribution in [0.5, 0.6) is 5.75 Å². The maximum absolute atomic E-state index is 13.1. The topological polar surface area (TPSA) is 84.7 Å². The van der Waals surface area contributed by atoms with Crippen molar-refractivity contribution in [2.24, 2.45) is 0 Å². The number of piperidine rings is 1. The number of amides is 1. The zero-order valence-electron chi connectivity index (χ0n) is 15.3. The Hall–Kier alpha value is -2.93. The van der Waals surface area contributed by atoms with Crippen LogP contribution in [0.25, 0.3) is 0 Å². The molecule has 0 spiro atoms. The summed E-state index contributed by atoms with van der Waals surface area (Å²) in [6.07, 6.45) is 3.24. The SMILES string of the molecule is COc1ccc(NC(=O)[C@@H](c2ccc([N+](=O)[O-])cc2)N2CCCCC2)cc1. The largest absolute Gasteiger partial charge is 0.497 e. The second-order valence-corrected chi connectivity index (χ2v) is 6.57. The average molecular weight is 369 g/mol. The molecule has 1 aliphatic heterocycles. The summed E-state index contributed by atoms with van der Waals surface area (Å²) < 4.78 is 5.14. The number of non-ortho nitro benzene ring substituents is 1. The van der Waals surface area contributed by atoms with Crippen LogP contribution in [0.15, 0.2) is 48.5 Å². The van der Waals surface area contributed by atoms with Crippen LogP contribution in [0.2, 0.25) is 0 Å². The Labute approximate surface area is 158 Å². The third-order valence-corrected chi connectivity index (χ3v) is 4.78. The minimum Gasteiger partial charge on any atom is -0.497 e. The van der Waals surface area contributed by atoms with Crippen molar-refractivity contribution >= 4 is 17.3 Å². The number of hydrogen-bond donors (Lipinski definition) is 1. The van der Waals surface area contributed by atoms with E-state index in [1.165, 1.54) is 12.1 Å².